The normalized spacial score (nSPS) is 18.1. The lowest BCUT2D eigenvalue weighted by molar-refractivity contribution is -0.136. The minimum atomic E-state index is 0.111. The van der Waals surface area contributed by atoms with Crippen LogP contribution in [0.3, 0.4) is 0 Å². The number of piperidine rings is 1. The molecule has 4 rings (SSSR count). The van der Waals surface area contributed by atoms with Crippen molar-refractivity contribution in [1.29, 1.82) is 0 Å². The summed E-state index contributed by atoms with van der Waals surface area (Å²) in [6.07, 6.45) is 7.03. The zero-order valence-corrected chi connectivity index (χ0v) is 17.2. The van der Waals surface area contributed by atoms with E-state index in [0.717, 1.165) is 69.4 Å². The van der Waals surface area contributed by atoms with Crippen LogP contribution in [-0.4, -0.2) is 79.1 Å². The fourth-order valence-electron chi connectivity index (χ4n) is 4.21. The largest absolute Gasteiger partial charge is 0.367 e. The van der Waals surface area contributed by atoms with Gasteiger partial charge in [0.25, 0.3) is 0 Å². The first-order chi connectivity index (χ1) is 14.1. The Morgan fingerprint density at radius 3 is 2.41 bits per heavy atom. The van der Waals surface area contributed by atoms with Gasteiger partial charge in [-0.3, -0.25) is 4.79 Å². The molecule has 2 aliphatic heterocycles. The van der Waals surface area contributed by atoms with Crippen molar-refractivity contribution in [3.8, 4) is 0 Å². The highest BCUT2D eigenvalue weighted by Gasteiger charge is 2.31. The number of carbonyl (C=O) groups is 1. The minimum absolute atomic E-state index is 0.111. The van der Waals surface area contributed by atoms with Crippen LogP contribution in [0.15, 0.2) is 36.9 Å². The average Bonchev–Trinajstić information content (AvgIpc) is 2.79. The van der Waals surface area contributed by atoms with E-state index in [9.17, 15) is 4.79 Å². The van der Waals surface area contributed by atoms with Crippen molar-refractivity contribution in [2.24, 2.45) is 5.92 Å². The van der Waals surface area contributed by atoms with E-state index in [1.807, 2.05) is 54.5 Å². The Bertz CT molecular complexity index is 813. The summed E-state index contributed by atoms with van der Waals surface area (Å²) in [5, 5.41) is 0. The van der Waals surface area contributed by atoms with Crippen LogP contribution in [0.5, 0.6) is 0 Å². The minimum Gasteiger partial charge on any atom is -0.367 e. The summed E-state index contributed by atoms with van der Waals surface area (Å²) in [4.78, 5) is 34.7. The summed E-state index contributed by atoms with van der Waals surface area (Å²) < 4.78 is 0. The van der Waals surface area contributed by atoms with Crippen molar-refractivity contribution >= 4 is 23.2 Å². The molecule has 154 valence electrons. The van der Waals surface area contributed by atoms with Crippen LogP contribution in [0.25, 0.3) is 0 Å². The summed E-state index contributed by atoms with van der Waals surface area (Å²) in [6, 6.07) is 5.97. The second-order valence-electron chi connectivity index (χ2n) is 7.89. The van der Waals surface area contributed by atoms with E-state index in [4.69, 9.17) is 0 Å². The SMILES string of the molecule is CN(C)c1ncncc1N1CCC(C(=O)N2CCN(c3ccccn3)CC2)CC1. The number of rotatable bonds is 4. The number of carbonyl (C=O) groups excluding carboxylic acids is 1. The molecule has 8 nitrogen and oxygen atoms in total. The molecule has 1 amide bonds. The number of nitrogens with zero attached hydrogens (tertiary/aromatic N) is 7. The van der Waals surface area contributed by atoms with Crippen molar-refractivity contribution in [3.05, 3.63) is 36.9 Å². The van der Waals surface area contributed by atoms with Gasteiger partial charge < -0.3 is 19.6 Å². The van der Waals surface area contributed by atoms with Crippen molar-refractivity contribution in [2.45, 2.75) is 12.8 Å². The van der Waals surface area contributed by atoms with E-state index in [0.29, 0.717) is 5.91 Å². The van der Waals surface area contributed by atoms with Gasteiger partial charge >= 0.3 is 0 Å². The molecule has 2 aromatic heterocycles. The molecule has 0 atom stereocenters. The molecule has 0 radical (unpaired) electrons. The molecule has 0 saturated carbocycles. The van der Waals surface area contributed by atoms with E-state index < -0.39 is 0 Å². The molecule has 2 saturated heterocycles. The van der Waals surface area contributed by atoms with Crippen LogP contribution in [-0.2, 0) is 4.79 Å². The summed E-state index contributed by atoms with van der Waals surface area (Å²) in [5.41, 5.74) is 1.05. The number of anilines is 3. The monoisotopic (exact) mass is 395 g/mol. The highest BCUT2D eigenvalue weighted by atomic mass is 16.2. The van der Waals surface area contributed by atoms with Crippen LogP contribution in [0.1, 0.15) is 12.8 Å². The first-order valence-electron chi connectivity index (χ1n) is 10.3. The van der Waals surface area contributed by atoms with Crippen molar-refractivity contribution in [3.63, 3.8) is 0 Å². The van der Waals surface area contributed by atoms with Gasteiger partial charge in [0.05, 0.1) is 11.9 Å². The van der Waals surface area contributed by atoms with Crippen molar-refractivity contribution < 1.29 is 4.79 Å². The van der Waals surface area contributed by atoms with E-state index in [1.54, 1.807) is 6.33 Å². The Kier molecular flexibility index (Phi) is 5.78. The number of piperazine rings is 1. The van der Waals surface area contributed by atoms with Crippen LogP contribution in [0.4, 0.5) is 17.3 Å². The Hall–Kier alpha value is -2.90. The van der Waals surface area contributed by atoms with Crippen molar-refractivity contribution in [1.82, 2.24) is 19.9 Å². The van der Waals surface area contributed by atoms with Gasteiger partial charge in [0.1, 0.15) is 12.1 Å². The predicted molar refractivity (Wildman–Crippen MR) is 114 cm³/mol. The molecule has 0 unspecified atom stereocenters. The summed E-state index contributed by atoms with van der Waals surface area (Å²) in [6.45, 7) is 4.95. The lowest BCUT2D eigenvalue weighted by Gasteiger charge is -2.39. The third-order valence-corrected chi connectivity index (χ3v) is 5.85. The fraction of sp³-hybridized carbons (Fsp3) is 0.524. The van der Waals surface area contributed by atoms with Gasteiger partial charge in [-0.1, -0.05) is 6.07 Å². The lowest BCUT2D eigenvalue weighted by Crippen LogP contribution is -2.52. The molecule has 0 aromatic carbocycles. The third kappa shape index (κ3) is 4.26. The molecule has 0 spiro atoms. The average molecular weight is 396 g/mol. The van der Waals surface area contributed by atoms with Crippen LogP contribution in [0, 0.1) is 5.92 Å². The topological polar surface area (TPSA) is 68.7 Å². The fourth-order valence-corrected chi connectivity index (χ4v) is 4.21. The second-order valence-corrected chi connectivity index (χ2v) is 7.89. The molecule has 2 aromatic rings. The van der Waals surface area contributed by atoms with Crippen LogP contribution >= 0.6 is 0 Å². The van der Waals surface area contributed by atoms with E-state index in [1.165, 1.54) is 0 Å². The van der Waals surface area contributed by atoms with Gasteiger partial charge in [-0.05, 0) is 25.0 Å². The molecular weight excluding hydrogens is 366 g/mol. The molecular formula is C21H29N7O. The molecule has 2 aliphatic rings. The molecule has 8 heteroatoms. The first kappa shape index (κ1) is 19.4. The molecule has 29 heavy (non-hydrogen) atoms. The zero-order valence-electron chi connectivity index (χ0n) is 17.2. The highest BCUT2D eigenvalue weighted by molar-refractivity contribution is 5.79. The van der Waals surface area contributed by atoms with E-state index >= 15 is 0 Å². The number of pyridine rings is 1. The third-order valence-electron chi connectivity index (χ3n) is 5.85. The van der Waals surface area contributed by atoms with Gasteiger partial charge in [0.15, 0.2) is 5.82 Å². The lowest BCUT2D eigenvalue weighted by atomic mass is 9.94. The molecule has 0 aliphatic carbocycles. The smallest absolute Gasteiger partial charge is 0.225 e. The molecule has 0 bridgehead atoms. The van der Waals surface area contributed by atoms with Gasteiger partial charge in [-0.25, -0.2) is 15.0 Å². The summed E-state index contributed by atoms with van der Waals surface area (Å²) >= 11 is 0. The molecule has 0 N–H and O–H groups in total. The zero-order chi connectivity index (χ0) is 20.2. The molecule has 4 heterocycles. The number of hydrogen-bond acceptors (Lipinski definition) is 7. The predicted octanol–water partition coefficient (Wildman–Crippen LogP) is 1.50. The number of aromatic nitrogens is 3. The molecule has 2 fully saturated rings. The summed E-state index contributed by atoms with van der Waals surface area (Å²) in [7, 11) is 3.99. The van der Waals surface area contributed by atoms with Crippen LogP contribution < -0.4 is 14.7 Å². The summed E-state index contributed by atoms with van der Waals surface area (Å²) in [5.74, 6) is 2.34. The van der Waals surface area contributed by atoms with Gasteiger partial charge in [0, 0.05) is 65.5 Å². The van der Waals surface area contributed by atoms with Crippen LogP contribution in [0.2, 0.25) is 0 Å². The Labute approximate surface area is 172 Å². The van der Waals surface area contributed by atoms with E-state index in [2.05, 4.69) is 24.8 Å². The van der Waals surface area contributed by atoms with E-state index in [-0.39, 0.29) is 5.92 Å². The van der Waals surface area contributed by atoms with Crippen molar-refractivity contribution in [2.75, 3.05) is 68.1 Å². The first-order valence-corrected chi connectivity index (χ1v) is 10.3. The Balaban J connectivity index is 1.31. The Morgan fingerprint density at radius 2 is 1.76 bits per heavy atom. The maximum absolute atomic E-state index is 13.1. The maximum Gasteiger partial charge on any atom is 0.225 e. The number of amides is 1. The van der Waals surface area contributed by atoms with Gasteiger partial charge in [0.2, 0.25) is 5.91 Å². The van der Waals surface area contributed by atoms with Gasteiger partial charge in [-0.2, -0.15) is 0 Å². The second kappa shape index (κ2) is 8.63. The standard InChI is InChI=1S/C21H29N7O/c1-25(2)20-18(15-22-16-24-20)26-9-6-17(7-10-26)21(29)28-13-11-27(12-14-28)19-5-3-4-8-23-19/h3-5,8,15-17H,6-7,9-14H2,1-2H3. The maximum atomic E-state index is 13.1. The quantitative estimate of drug-likeness (QED) is 0.777. The Morgan fingerprint density at radius 1 is 1.00 bits per heavy atom. The number of hydrogen-bond donors (Lipinski definition) is 0. The highest BCUT2D eigenvalue weighted by Crippen LogP contribution is 2.29. The van der Waals surface area contributed by atoms with Gasteiger partial charge in [-0.15, -0.1) is 0 Å².